The van der Waals surface area contributed by atoms with Crippen molar-refractivity contribution in [1.29, 1.82) is 0 Å². The molecule has 166 valence electrons. The highest BCUT2D eigenvalue weighted by atomic mass is 16.6. The van der Waals surface area contributed by atoms with E-state index in [0.29, 0.717) is 5.56 Å². The summed E-state index contributed by atoms with van der Waals surface area (Å²) in [4.78, 5) is 49.2. The normalized spacial score (nSPS) is 10.2. The van der Waals surface area contributed by atoms with Crippen molar-refractivity contribution in [2.75, 3.05) is 36.7 Å². The van der Waals surface area contributed by atoms with Crippen LogP contribution in [0.5, 0.6) is 0 Å². The van der Waals surface area contributed by atoms with Crippen LogP contribution >= 0.6 is 0 Å². The van der Waals surface area contributed by atoms with Gasteiger partial charge in [-0.1, -0.05) is 30.3 Å². The van der Waals surface area contributed by atoms with Gasteiger partial charge in [0.05, 0.1) is 0 Å². The lowest BCUT2D eigenvalue weighted by molar-refractivity contribution is -0.143. The van der Waals surface area contributed by atoms with Crippen molar-refractivity contribution >= 4 is 29.8 Å². The van der Waals surface area contributed by atoms with Gasteiger partial charge in [0.15, 0.2) is 26.0 Å². The van der Waals surface area contributed by atoms with Crippen molar-refractivity contribution in [3.8, 4) is 11.4 Å². The summed E-state index contributed by atoms with van der Waals surface area (Å²) in [5.41, 5.74) is 0.637. The molecule has 2 rings (SSSR count). The van der Waals surface area contributed by atoms with Crippen molar-refractivity contribution in [1.82, 2.24) is 15.0 Å². The Morgan fingerprint density at radius 1 is 0.774 bits per heavy atom. The molecule has 1 N–H and O–H groups in total. The van der Waals surface area contributed by atoms with E-state index in [1.54, 1.807) is 24.3 Å². The number of carbonyl (C=O) groups is 3. The van der Waals surface area contributed by atoms with Gasteiger partial charge in [0.1, 0.15) is 6.73 Å². The Labute approximate surface area is 178 Å². The Morgan fingerprint density at radius 2 is 1.23 bits per heavy atom. The second-order valence-corrected chi connectivity index (χ2v) is 6.14. The lowest BCUT2D eigenvalue weighted by Crippen LogP contribution is -2.34. The molecule has 12 heteroatoms. The molecule has 1 aromatic carbocycles. The van der Waals surface area contributed by atoms with Crippen LogP contribution in [0.2, 0.25) is 0 Å². The van der Waals surface area contributed by atoms with E-state index in [-0.39, 0.29) is 37.9 Å². The van der Waals surface area contributed by atoms with E-state index in [9.17, 15) is 19.5 Å². The Kier molecular flexibility index (Phi) is 8.64. The van der Waals surface area contributed by atoms with E-state index in [0.717, 1.165) is 0 Å². The topological polar surface area (TPSA) is 144 Å². The van der Waals surface area contributed by atoms with Crippen molar-refractivity contribution in [2.24, 2.45) is 0 Å². The van der Waals surface area contributed by atoms with Crippen molar-refractivity contribution < 1.29 is 33.7 Å². The Hall–Kier alpha value is -3.80. The molecule has 0 aliphatic carbocycles. The predicted octanol–water partition coefficient (Wildman–Crippen LogP) is 0.663. The van der Waals surface area contributed by atoms with Crippen LogP contribution in [0.25, 0.3) is 11.4 Å². The van der Waals surface area contributed by atoms with Crippen LogP contribution in [-0.4, -0.2) is 64.9 Å². The van der Waals surface area contributed by atoms with E-state index < -0.39 is 24.6 Å². The Balaban J connectivity index is 2.49. The number of anilines is 2. The fraction of sp³-hybridized carbons (Fsp3) is 0.368. The van der Waals surface area contributed by atoms with Gasteiger partial charge < -0.3 is 19.3 Å². The number of benzene rings is 1. The third kappa shape index (κ3) is 7.51. The summed E-state index contributed by atoms with van der Waals surface area (Å²) in [6.07, 6.45) is 0. The van der Waals surface area contributed by atoms with Gasteiger partial charge in [-0.15, -0.1) is 0 Å². The molecule has 0 aliphatic rings. The third-order valence-electron chi connectivity index (χ3n) is 3.65. The number of aliphatic hydroxyl groups excluding tert-OH is 1. The highest BCUT2D eigenvalue weighted by molar-refractivity contribution is 5.67. The molecule has 12 nitrogen and oxygen atoms in total. The van der Waals surface area contributed by atoms with Gasteiger partial charge in [-0.25, -0.2) is 0 Å². The lowest BCUT2D eigenvalue weighted by atomic mass is 10.2. The summed E-state index contributed by atoms with van der Waals surface area (Å²) in [7, 11) is 0. The van der Waals surface area contributed by atoms with Crippen LogP contribution in [0, 0.1) is 0 Å². The second kappa shape index (κ2) is 11.4. The zero-order chi connectivity index (χ0) is 22.8. The number of nitrogens with zero attached hydrogens (tertiary/aromatic N) is 5. The minimum Gasteiger partial charge on any atom is -0.444 e. The van der Waals surface area contributed by atoms with Crippen LogP contribution in [0.4, 0.5) is 11.9 Å². The van der Waals surface area contributed by atoms with E-state index >= 15 is 0 Å². The maximum Gasteiger partial charge on any atom is 0.304 e. The molecule has 1 heterocycles. The fourth-order valence-corrected chi connectivity index (χ4v) is 2.17. The van der Waals surface area contributed by atoms with Crippen molar-refractivity contribution in [2.45, 2.75) is 20.8 Å². The number of carbonyl (C=O) groups excluding carboxylic acids is 3. The molecule has 0 amide bonds. The summed E-state index contributed by atoms with van der Waals surface area (Å²) in [5, 5.41) is 9.72. The van der Waals surface area contributed by atoms with Gasteiger partial charge in [0.2, 0.25) is 11.9 Å². The first-order chi connectivity index (χ1) is 14.8. The zero-order valence-corrected chi connectivity index (χ0v) is 17.3. The molecular weight excluding hydrogens is 410 g/mol. The summed E-state index contributed by atoms with van der Waals surface area (Å²) < 4.78 is 14.9. The number of hydrogen-bond donors (Lipinski definition) is 1. The van der Waals surface area contributed by atoms with E-state index in [1.165, 1.54) is 30.6 Å². The number of aliphatic hydroxyl groups is 1. The molecule has 0 spiro atoms. The standard InChI is InChI=1S/C19H23N5O7/c1-13(26)29-10-23(9-25)18-20-17(16-7-5-4-6-8-16)21-19(22-18)24(11-30-14(2)27)12-31-15(3)28/h4-8,25H,9-12H2,1-3H3. The molecule has 2 aromatic rings. The highest BCUT2D eigenvalue weighted by Crippen LogP contribution is 2.21. The molecular formula is C19H23N5O7. The van der Waals surface area contributed by atoms with Crippen molar-refractivity contribution in [3.63, 3.8) is 0 Å². The van der Waals surface area contributed by atoms with Crippen LogP contribution in [0.3, 0.4) is 0 Å². The first-order valence-electron chi connectivity index (χ1n) is 9.12. The molecule has 0 fully saturated rings. The molecule has 0 atom stereocenters. The lowest BCUT2D eigenvalue weighted by Gasteiger charge is -2.24. The van der Waals surface area contributed by atoms with Crippen LogP contribution in [0.15, 0.2) is 30.3 Å². The molecule has 0 saturated heterocycles. The summed E-state index contributed by atoms with van der Waals surface area (Å²) >= 11 is 0. The van der Waals surface area contributed by atoms with Gasteiger partial charge in [-0.3, -0.25) is 24.2 Å². The number of esters is 3. The monoisotopic (exact) mass is 433 g/mol. The first kappa shape index (κ1) is 23.5. The smallest absolute Gasteiger partial charge is 0.304 e. The number of ether oxygens (including phenoxy) is 3. The van der Waals surface area contributed by atoms with E-state index in [1.807, 2.05) is 6.07 Å². The van der Waals surface area contributed by atoms with E-state index in [4.69, 9.17) is 14.2 Å². The SMILES string of the molecule is CC(=O)OCN(CO)c1nc(-c2ccccc2)nc(N(COC(C)=O)COC(C)=O)n1. The van der Waals surface area contributed by atoms with E-state index in [2.05, 4.69) is 15.0 Å². The van der Waals surface area contributed by atoms with Crippen LogP contribution in [0.1, 0.15) is 20.8 Å². The second-order valence-electron chi connectivity index (χ2n) is 6.14. The minimum absolute atomic E-state index is 0.00706. The largest absolute Gasteiger partial charge is 0.444 e. The molecule has 0 saturated carbocycles. The number of aromatic nitrogens is 3. The average Bonchev–Trinajstić information content (AvgIpc) is 2.74. The zero-order valence-electron chi connectivity index (χ0n) is 17.3. The summed E-state index contributed by atoms with van der Waals surface area (Å²) in [5.74, 6) is -1.44. The number of hydrogen-bond acceptors (Lipinski definition) is 12. The van der Waals surface area contributed by atoms with Gasteiger partial charge in [0.25, 0.3) is 0 Å². The van der Waals surface area contributed by atoms with Gasteiger partial charge in [-0.2, -0.15) is 15.0 Å². The minimum atomic E-state index is -0.558. The average molecular weight is 433 g/mol. The molecule has 0 unspecified atom stereocenters. The molecule has 0 bridgehead atoms. The molecule has 0 radical (unpaired) electrons. The van der Waals surface area contributed by atoms with Gasteiger partial charge >= 0.3 is 17.9 Å². The molecule has 1 aromatic heterocycles. The van der Waals surface area contributed by atoms with Crippen LogP contribution < -0.4 is 9.80 Å². The predicted molar refractivity (Wildman–Crippen MR) is 107 cm³/mol. The third-order valence-corrected chi connectivity index (χ3v) is 3.65. The van der Waals surface area contributed by atoms with Gasteiger partial charge in [0, 0.05) is 26.3 Å². The first-order valence-corrected chi connectivity index (χ1v) is 9.12. The molecule has 31 heavy (non-hydrogen) atoms. The maximum absolute atomic E-state index is 11.3. The Morgan fingerprint density at radius 3 is 1.68 bits per heavy atom. The maximum atomic E-state index is 11.3. The van der Waals surface area contributed by atoms with Gasteiger partial charge in [-0.05, 0) is 0 Å². The number of rotatable bonds is 10. The van der Waals surface area contributed by atoms with Crippen LogP contribution in [-0.2, 0) is 28.6 Å². The summed E-state index contributed by atoms with van der Waals surface area (Å²) in [6.45, 7) is 2.21. The summed E-state index contributed by atoms with van der Waals surface area (Å²) in [6, 6.07) is 8.93. The molecule has 0 aliphatic heterocycles. The highest BCUT2D eigenvalue weighted by Gasteiger charge is 2.20. The Bertz CT molecular complexity index is 892. The van der Waals surface area contributed by atoms with Crippen molar-refractivity contribution in [3.05, 3.63) is 30.3 Å². The quantitative estimate of drug-likeness (QED) is 0.319. The fourth-order valence-electron chi connectivity index (χ4n) is 2.17.